The second-order valence-corrected chi connectivity index (χ2v) is 6.39. The Hall–Kier alpha value is -0.970. The van der Waals surface area contributed by atoms with E-state index in [0.29, 0.717) is 18.5 Å². The maximum Gasteiger partial charge on any atom is 0.221 e. The van der Waals surface area contributed by atoms with Gasteiger partial charge >= 0.3 is 0 Å². The molecule has 2 atom stereocenters. The average molecular weight is 281 g/mol. The van der Waals surface area contributed by atoms with E-state index in [4.69, 9.17) is 4.74 Å². The van der Waals surface area contributed by atoms with Crippen molar-refractivity contribution in [1.29, 1.82) is 0 Å². The highest BCUT2D eigenvalue weighted by molar-refractivity contribution is 7.99. The Labute approximate surface area is 119 Å². The van der Waals surface area contributed by atoms with Crippen molar-refractivity contribution in [2.24, 2.45) is 0 Å². The molecule has 0 spiro atoms. The van der Waals surface area contributed by atoms with E-state index >= 15 is 0 Å². The Kier molecular flexibility index (Phi) is 5.31. The molecule has 0 radical (unpaired) electrons. The third-order valence-corrected chi connectivity index (χ3v) is 4.68. The minimum absolute atomic E-state index is 0.534. The number of thioether (sulfide) groups is 1. The van der Waals surface area contributed by atoms with Gasteiger partial charge in [-0.25, -0.2) is 9.97 Å². The fourth-order valence-corrected chi connectivity index (χ4v) is 3.66. The van der Waals surface area contributed by atoms with Gasteiger partial charge in [0, 0.05) is 11.3 Å². The maximum atomic E-state index is 5.51. The van der Waals surface area contributed by atoms with Crippen LogP contribution in [0.1, 0.15) is 38.7 Å². The Bertz CT molecular complexity index is 414. The lowest BCUT2D eigenvalue weighted by Crippen LogP contribution is -2.18. The fourth-order valence-electron chi connectivity index (χ4n) is 2.51. The summed E-state index contributed by atoms with van der Waals surface area (Å²) in [6, 6.07) is 0.534. The van der Waals surface area contributed by atoms with Gasteiger partial charge in [-0.2, -0.15) is 11.8 Å². The molecule has 1 heterocycles. The van der Waals surface area contributed by atoms with Crippen LogP contribution in [0.5, 0.6) is 5.88 Å². The van der Waals surface area contributed by atoms with Gasteiger partial charge in [-0.15, -0.1) is 0 Å². The highest BCUT2D eigenvalue weighted by Crippen LogP contribution is 2.32. The van der Waals surface area contributed by atoms with E-state index in [2.05, 4.69) is 34.0 Å². The molecule has 0 amide bonds. The van der Waals surface area contributed by atoms with Gasteiger partial charge in [0.1, 0.15) is 12.1 Å². The third-order valence-electron chi connectivity index (χ3n) is 3.45. The van der Waals surface area contributed by atoms with Crippen molar-refractivity contribution in [1.82, 2.24) is 9.97 Å². The van der Waals surface area contributed by atoms with Crippen LogP contribution in [0.15, 0.2) is 6.33 Å². The number of rotatable bonds is 6. The van der Waals surface area contributed by atoms with E-state index in [0.717, 1.165) is 16.6 Å². The summed E-state index contributed by atoms with van der Waals surface area (Å²) < 4.78 is 5.51. The molecule has 0 aliphatic heterocycles. The molecule has 1 aromatic heterocycles. The topological polar surface area (TPSA) is 47.0 Å². The van der Waals surface area contributed by atoms with Crippen molar-refractivity contribution >= 4 is 17.6 Å². The summed E-state index contributed by atoms with van der Waals surface area (Å²) >= 11 is 2.07. The van der Waals surface area contributed by atoms with E-state index < -0.39 is 0 Å². The molecule has 1 saturated carbocycles. The van der Waals surface area contributed by atoms with Gasteiger partial charge in [-0.3, -0.25) is 0 Å². The summed E-state index contributed by atoms with van der Waals surface area (Å²) in [5.74, 6) is 2.82. The molecule has 2 unspecified atom stereocenters. The molecule has 1 aliphatic rings. The number of anilines is 1. The van der Waals surface area contributed by atoms with Crippen molar-refractivity contribution in [3.8, 4) is 5.88 Å². The molecule has 1 aromatic rings. The molecule has 0 saturated heterocycles. The second kappa shape index (κ2) is 6.98. The summed E-state index contributed by atoms with van der Waals surface area (Å²) in [5, 5.41) is 4.35. The highest BCUT2D eigenvalue weighted by Gasteiger charge is 2.25. The fraction of sp³-hybridized carbons (Fsp3) is 0.714. The summed E-state index contributed by atoms with van der Waals surface area (Å²) in [6.45, 7) is 6.85. The number of hydrogen-bond acceptors (Lipinski definition) is 5. The summed E-state index contributed by atoms with van der Waals surface area (Å²) in [4.78, 5) is 8.52. The predicted molar refractivity (Wildman–Crippen MR) is 81.1 cm³/mol. The van der Waals surface area contributed by atoms with Gasteiger partial charge < -0.3 is 10.1 Å². The van der Waals surface area contributed by atoms with Crippen molar-refractivity contribution in [2.75, 3.05) is 17.7 Å². The third kappa shape index (κ3) is 3.75. The van der Waals surface area contributed by atoms with Crippen molar-refractivity contribution in [3.05, 3.63) is 11.9 Å². The van der Waals surface area contributed by atoms with Gasteiger partial charge in [-0.1, -0.05) is 6.92 Å². The lowest BCUT2D eigenvalue weighted by Gasteiger charge is -2.16. The molecular formula is C14H23N3OS. The van der Waals surface area contributed by atoms with Crippen molar-refractivity contribution in [2.45, 2.75) is 51.3 Å². The largest absolute Gasteiger partial charge is 0.478 e. The molecule has 5 heteroatoms. The summed E-state index contributed by atoms with van der Waals surface area (Å²) in [6.07, 6.45) is 5.34. The minimum atomic E-state index is 0.534. The van der Waals surface area contributed by atoms with Gasteiger partial charge in [-0.05, 0) is 38.9 Å². The van der Waals surface area contributed by atoms with E-state index in [9.17, 15) is 0 Å². The molecule has 1 N–H and O–H groups in total. The standard InChI is InChI=1S/C14H23N3OS/c1-4-18-14-10(3)13(15-9-16-14)17-11-6-7-12(8-11)19-5-2/h9,11-12H,4-8H2,1-3H3,(H,15,16,17). The quantitative estimate of drug-likeness (QED) is 0.867. The van der Waals surface area contributed by atoms with Gasteiger partial charge in [0.05, 0.1) is 12.2 Å². The normalized spacial score (nSPS) is 22.5. The van der Waals surface area contributed by atoms with Crippen LogP contribution in [-0.4, -0.2) is 33.6 Å². The number of nitrogens with one attached hydrogen (secondary N) is 1. The monoisotopic (exact) mass is 281 g/mol. The van der Waals surface area contributed by atoms with Crippen LogP contribution in [0.2, 0.25) is 0 Å². The summed E-state index contributed by atoms with van der Waals surface area (Å²) in [7, 11) is 0. The molecule has 2 rings (SSSR count). The SMILES string of the molecule is CCOc1ncnc(NC2CCC(SCC)C2)c1C. The molecule has 0 bridgehead atoms. The van der Waals surface area contributed by atoms with Crippen LogP contribution in [0, 0.1) is 6.92 Å². The zero-order valence-electron chi connectivity index (χ0n) is 12.0. The van der Waals surface area contributed by atoms with Crippen LogP contribution in [0.3, 0.4) is 0 Å². The maximum absolute atomic E-state index is 5.51. The van der Waals surface area contributed by atoms with Crippen molar-refractivity contribution < 1.29 is 4.74 Å². The second-order valence-electron chi connectivity index (χ2n) is 4.82. The molecule has 0 aromatic carbocycles. The first-order valence-corrected chi connectivity index (χ1v) is 8.12. The minimum Gasteiger partial charge on any atom is -0.478 e. The predicted octanol–water partition coefficient (Wildman–Crippen LogP) is 3.27. The van der Waals surface area contributed by atoms with Crippen LogP contribution in [-0.2, 0) is 0 Å². The van der Waals surface area contributed by atoms with E-state index in [-0.39, 0.29) is 0 Å². The zero-order chi connectivity index (χ0) is 13.7. The molecular weight excluding hydrogens is 258 g/mol. The van der Waals surface area contributed by atoms with Gasteiger partial charge in [0.2, 0.25) is 5.88 Å². The molecule has 19 heavy (non-hydrogen) atoms. The zero-order valence-corrected chi connectivity index (χ0v) is 12.8. The summed E-state index contributed by atoms with van der Waals surface area (Å²) in [5.41, 5.74) is 1.01. The van der Waals surface area contributed by atoms with Gasteiger partial charge in [0.25, 0.3) is 0 Å². The molecule has 106 valence electrons. The van der Waals surface area contributed by atoms with Crippen LogP contribution < -0.4 is 10.1 Å². The smallest absolute Gasteiger partial charge is 0.221 e. The first-order valence-electron chi connectivity index (χ1n) is 7.07. The number of ether oxygens (including phenoxy) is 1. The Morgan fingerprint density at radius 2 is 2.21 bits per heavy atom. The molecule has 4 nitrogen and oxygen atoms in total. The molecule has 1 fully saturated rings. The lowest BCUT2D eigenvalue weighted by atomic mass is 10.2. The Morgan fingerprint density at radius 3 is 2.95 bits per heavy atom. The lowest BCUT2D eigenvalue weighted by molar-refractivity contribution is 0.324. The van der Waals surface area contributed by atoms with Gasteiger partial charge in [0.15, 0.2) is 0 Å². The van der Waals surface area contributed by atoms with E-state index in [1.54, 1.807) is 6.33 Å². The van der Waals surface area contributed by atoms with Crippen molar-refractivity contribution in [3.63, 3.8) is 0 Å². The first kappa shape index (κ1) is 14.4. The van der Waals surface area contributed by atoms with Crippen LogP contribution in [0.25, 0.3) is 0 Å². The van der Waals surface area contributed by atoms with E-state index in [1.165, 1.54) is 25.0 Å². The number of hydrogen-bond donors (Lipinski definition) is 1. The highest BCUT2D eigenvalue weighted by atomic mass is 32.2. The average Bonchev–Trinajstić information content (AvgIpc) is 2.83. The number of nitrogens with zero attached hydrogens (tertiary/aromatic N) is 2. The number of aromatic nitrogens is 2. The first-order chi connectivity index (χ1) is 9.24. The Morgan fingerprint density at radius 1 is 1.37 bits per heavy atom. The van der Waals surface area contributed by atoms with Crippen LogP contribution >= 0.6 is 11.8 Å². The van der Waals surface area contributed by atoms with Crippen LogP contribution in [0.4, 0.5) is 5.82 Å². The Balaban J connectivity index is 1.98. The van der Waals surface area contributed by atoms with E-state index in [1.807, 2.05) is 13.8 Å². The molecule has 1 aliphatic carbocycles.